The topological polar surface area (TPSA) is 44.9 Å². The molecule has 0 N–H and O–H groups in total. The Morgan fingerprint density at radius 2 is 2.33 bits per heavy atom. The van der Waals surface area contributed by atoms with Crippen LogP contribution < -0.4 is 0 Å². The third-order valence-electron chi connectivity index (χ3n) is 4.30. The number of nitrogens with zero attached hydrogens (tertiary/aromatic N) is 4. The van der Waals surface area contributed by atoms with Crippen LogP contribution in [0.3, 0.4) is 0 Å². The van der Waals surface area contributed by atoms with Gasteiger partial charge in [-0.15, -0.1) is 11.6 Å². The Labute approximate surface area is 129 Å². The molecule has 21 heavy (non-hydrogen) atoms. The third-order valence-corrected chi connectivity index (χ3v) is 4.54. The number of nitriles is 1. The highest BCUT2D eigenvalue weighted by atomic mass is 35.5. The predicted molar refractivity (Wildman–Crippen MR) is 84.4 cm³/mol. The van der Waals surface area contributed by atoms with Crippen molar-refractivity contribution in [3.05, 3.63) is 29.6 Å². The van der Waals surface area contributed by atoms with Crippen LogP contribution in [0.4, 0.5) is 0 Å². The molecule has 1 saturated heterocycles. The number of rotatable bonds is 3. The highest BCUT2D eigenvalue weighted by molar-refractivity contribution is 6.16. The van der Waals surface area contributed by atoms with Crippen LogP contribution in [0, 0.1) is 11.3 Å². The average Bonchev–Trinajstić information content (AvgIpc) is 2.92. The Balaban J connectivity index is 2.08. The van der Waals surface area contributed by atoms with Crippen LogP contribution in [-0.2, 0) is 5.88 Å². The Morgan fingerprint density at radius 3 is 3.05 bits per heavy atom. The maximum atomic E-state index is 9.13. The summed E-state index contributed by atoms with van der Waals surface area (Å²) in [5.74, 6) is 1.31. The first kappa shape index (κ1) is 14.4. The summed E-state index contributed by atoms with van der Waals surface area (Å²) in [5, 5.41) is 9.13. The molecule has 4 nitrogen and oxygen atoms in total. The Morgan fingerprint density at radius 1 is 1.48 bits per heavy atom. The average molecular weight is 303 g/mol. The van der Waals surface area contributed by atoms with Gasteiger partial charge in [-0.1, -0.05) is 6.92 Å². The van der Waals surface area contributed by atoms with E-state index < -0.39 is 0 Å². The number of imidazole rings is 1. The molecule has 110 valence electrons. The van der Waals surface area contributed by atoms with Gasteiger partial charge in [-0.05, 0) is 44.1 Å². The molecule has 0 bridgehead atoms. The van der Waals surface area contributed by atoms with Crippen molar-refractivity contribution in [2.45, 2.75) is 31.7 Å². The van der Waals surface area contributed by atoms with Crippen LogP contribution in [0.1, 0.15) is 37.2 Å². The zero-order chi connectivity index (χ0) is 14.8. The molecule has 1 aliphatic rings. The van der Waals surface area contributed by atoms with Crippen LogP contribution in [0.2, 0.25) is 0 Å². The summed E-state index contributed by atoms with van der Waals surface area (Å²) in [6.07, 6.45) is 2.33. The SMILES string of the molecule is CCN1CCCC(n2c(CCl)nc3ccc(C#N)cc32)C1. The molecule has 0 amide bonds. The fraction of sp³-hybridized carbons (Fsp3) is 0.500. The molecule has 0 saturated carbocycles. The van der Waals surface area contributed by atoms with Gasteiger partial charge in [0.15, 0.2) is 0 Å². The number of likely N-dealkylation sites (tertiary alicyclic amines) is 1. The number of aromatic nitrogens is 2. The molecule has 1 atom stereocenters. The van der Waals surface area contributed by atoms with Crippen LogP contribution in [-0.4, -0.2) is 34.1 Å². The number of likely N-dealkylation sites (N-methyl/N-ethyl adjacent to an activating group) is 1. The fourth-order valence-electron chi connectivity index (χ4n) is 3.24. The van der Waals surface area contributed by atoms with Crippen molar-refractivity contribution in [2.24, 2.45) is 0 Å². The van der Waals surface area contributed by atoms with Gasteiger partial charge >= 0.3 is 0 Å². The van der Waals surface area contributed by atoms with Gasteiger partial charge in [-0.3, -0.25) is 0 Å². The first-order valence-electron chi connectivity index (χ1n) is 7.46. The van der Waals surface area contributed by atoms with Crippen LogP contribution in [0.15, 0.2) is 18.2 Å². The van der Waals surface area contributed by atoms with Crippen molar-refractivity contribution >= 4 is 22.6 Å². The molecule has 0 radical (unpaired) electrons. The lowest BCUT2D eigenvalue weighted by Crippen LogP contribution is -2.36. The summed E-state index contributed by atoms with van der Waals surface area (Å²) in [5.41, 5.74) is 2.64. The maximum Gasteiger partial charge on any atom is 0.125 e. The molecule has 3 rings (SSSR count). The van der Waals surface area contributed by atoms with Crippen LogP contribution >= 0.6 is 11.6 Å². The van der Waals surface area contributed by atoms with Crippen LogP contribution in [0.25, 0.3) is 11.0 Å². The van der Waals surface area contributed by atoms with Gasteiger partial charge in [-0.2, -0.15) is 5.26 Å². The highest BCUT2D eigenvalue weighted by Gasteiger charge is 2.24. The normalized spacial score (nSPS) is 19.8. The number of halogens is 1. The van der Waals surface area contributed by atoms with Gasteiger partial charge in [0.2, 0.25) is 0 Å². The van der Waals surface area contributed by atoms with E-state index in [1.807, 2.05) is 18.2 Å². The zero-order valence-corrected chi connectivity index (χ0v) is 13.0. The minimum atomic E-state index is 0.395. The fourth-order valence-corrected chi connectivity index (χ4v) is 3.43. The van der Waals surface area contributed by atoms with E-state index in [-0.39, 0.29) is 0 Å². The number of fused-ring (bicyclic) bond motifs is 1. The lowest BCUT2D eigenvalue weighted by Gasteiger charge is -2.33. The standard InChI is InChI=1S/C16H19ClN4/c1-2-20-7-3-4-13(11-20)21-15-8-12(10-18)5-6-14(15)19-16(21)9-17/h5-6,8,13H,2-4,7,9,11H2,1H3. The van der Waals surface area contributed by atoms with E-state index in [0.29, 0.717) is 17.5 Å². The zero-order valence-electron chi connectivity index (χ0n) is 12.2. The van der Waals surface area contributed by atoms with E-state index in [4.69, 9.17) is 16.9 Å². The summed E-state index contributed by atoms with van der Waals surface area (Å²) < 4.78 is 2.25. The smallest absolute Gasteiger partial charge is 0.125 e. The predicted octanol–water partition coefficient (Wildman–Crippen LogP) is 3.30. The van der Waals surface area contributed by atoms with E-state index >= 15 is 0 Å². The Kier molecular flexibility index (Phi) is 4.14. The number of piperidine rings is 1. The number of hydrogen-bond donors (Lipinski definition) is 0. The summed E-state index contributed by atoms with van der Waals surface area (Å²) >= 11 is 6.10. The first-order valence-corrected chi connectivity index (χ1v) is 7.99. The van der Waals surface area contributed by atoms with E-state index in [1.165, 1.54) is 13.0 Å². The second-order valence-electron chi connectivity index (χ2n) is 5.54. The molecule has 1 fully saturated rings. The molecule has 2 heterocycles. The second kappa shape index (κ2) is 6.05. The summed E-state index contributed by atoms with van der Waals surface area (Å²) in [4.78, 5) is 7.10. The van der Waals surface area contributed by atoms with Crippen molar-refractivity contribution in [1.29, 1.82) is 5.26 Å². The lowest BCUT2D eigenvalue weighted by atomic mass is 10.0. The number of alkyl halides is 1. The molecule has 1 unspecified atom stereocenters. The van der Waals surface area contributed by atoms with E-state index in [1.54, 1.807) is 0 Å². The minimum absolute atomic E-state index is 0.395. The van der Waals surface area contributed by atoms with Crippen molar-refractivity contribution < 1.29 is 0 Å². The quantitative estimate of drug-likeness (QED) is 0.817. The largest absolute Gasteiger partial charge is 0.323 e. The number of hydrogen-bond acceptors (Lipinski definition) is 3. The molecule has 1 aromatic heterocycles. The summed E-state index contributed by atoms with van der Waals surface area (Å²) in [6, 6.07) is 8.27. The molecule has 0 aliphatic carbocycles. The number of benzene rings is 1. The highest BCUT2D eigenvalue weighted by Crippen LogP contribution is 2.29. The molecule has 1 aliphatic heterocycles. The molecular weight excluding hydrogens is 284 g/mol. The molecule has 2 aromatic rings. The van der Waals surface area contributed by atoms with Crippen LogP contribution in [0.5, 0.6) is 0 Å². The van der Waals surface area contributed by atoms with Gasteiger partial charge in [0.1, 0.15) is 5.82 Å². The molecule has 1 aromatic carbocycles. The van der Waals surface area contributed by atoms with E-state index in [2.05, 4.69) is 27.4 Å². The van der Waals surface area contributed by atoms with Gasteiger partial charge in [0, 0.05) is 12.6 Å². The van der Waals surface area contributed by atoms with Gasteiger partial charge in [0.25, 0.3) is 0 Å². The molecule has 5 heteroatoms. The van der Waals surface area contributed by atoms with E-state index in [0.717, 1.165) is 36.4 Å². The minimum Gasteiger partial charge on any atom is -0.323 e. The Hall–Kier alpha value is -1.57. The van der Waals surface area contributed by atoms with Gasteiger partial charge in [-0.25, -0.2) is 4.98 Å². The monoisotopic (exact) mass is 302 g/mol. The first-order chi connectivity index (χ1) is 10.3. The van der Waals surface area contributed by atoms with Crippen molar-refractivity contribution in [1.82, 2.24) is 14.5 Å². The molecule has 0 spiro atoms. The summed E-state index contributed by atoms with van der Waals surface area (Å²) in [6.45, 7) is 5.47. The molecular formula is C16H19ClN4. The van der Waals surface area contributed by atoms with Gasteiger partial charge < -0.3 is 9.47 Å². The maximum absolute atomic E-state index is 9.13. The summed E-state index contributed by atoms with van der Waals surface area (Å²) in [7, 11) is 0. The third kappa shape index (κ3) is 2.64. The van der Waals surface area contributed by atoms with Crippen molar-refractivity contribution in [3.63, 3.8) is 0 Å². The Bertz CT molecular complexity index is 685. The van der Waals surface area contributed by atoms with Gasteiger partial charge in [0.05, 0.1) is 28.5 Å². The lowest BCUT2D eigenvalue weighted by molar-refractivity contribution is 0.186. The second-order valence-corrected chi connectivity index (χ2v) is 5.80. The van der Waals surface area contributed by atoms with Crippen molar-refractivity contribution in [2.75, 3.05) is 19.6 Å². The van der Waals surface area contributed by atoms with Crippen molar-refractivity contribution in [3.8, 4) is 6.07 Å². The van der Waals surface area contributed by atoms with E-state index in [9.17, 15) is 0 Å².